The topological polar surface area (TPSA) is 15.3 Å². The van der Waals surface area contributed by atoms with Crippen molar-refractivity contribution in [1.29, 1.82) is 0 Å². The maximum atomic E-state index is 3.57. The summed E-state index contributed by atoms with van der Waals surface area (Å²) in [5.41, 5.74) is 0. The molecule has 0 aromatic rings. The minimum atomic E-state index is 0.723. The Kier molecular flexibility index (Phi) is 4.90. The van der Waals surface area contributed by atoms with Crippen LogP contribution >= 0.6 is 0 Å². The lowest BCUT2D eigenvalue weighted by molar-refractivity contribution is 0.130. The average molecular weight is 198 g/mol. The maximum absolute atomic E-state index is 3.57. The van der Waals surface area contributed by atoms with E-state index in [2.05, 4.69) is 38.0 Å². The van der Waals surface area contributed by atoms with Crippen molar-refractivity contribution in [2.24, 2.45) is 0 Å². The van der Waals surface area contributed by atoms with Crippen LogP contribution in [0.2, 0.25) is 0 Å². The summed E-state index contributed by atoms with van der Waals surface area (Å²) in [5, 5.41) is 3.57. The van der Waals surface area contributed by atoms with Crippen molar-refractivity contribution in [3.63, 3.8) is 0 Å². The SMILES string of the molecule is CCC(CC)N(C)C1CCC(C)NC1. The zero-order chi connectivity index (χ0) is 10.6. The Balaban J connectivity index is 2.39. The quantitative estimate of drug-likeness (QED) is 0.745. The van der Waals surface area contributed by atoms with E-state index in [9.17, 15) is 0 Å². The van der Waals surface area contributed by atoms with Crippen molar-refractivity contribution in [2.45, 2.75) is 64.6 Å². The molecular weight excluding hydrogens is 172 g/mol. The summed E-state index contributed by atoms with van der Waals surface area (Å²) in [6.07, 6.45) is 5.24. The Labute approximate surface area is 89.1 Å². The molecule has 1 fully saturated rings. The number of piperidine rings is 1. The Morgan fingerprint density at radius 3 is 2.36 bits per heavy atom. The lowest BCUT2D eigenvalue weighted by Gasteiger charge is -2.38. The number of nitrogens with zero attached hydrogens (tertiary/aromatic N) is 1. The molecule has 2 heteroatoms. The van der Waals surface area contributed by atoms with Gasteiger partial charge in [-0.25, -0.2) is 0 Å². The fourth-order valence-corrected chi connectivity index (χ4v) is 2.49. The normalized spacial score (nSPS) is 28.7. The van der Waals surface area contributed by atoms with Crippen molar-refractivity contribution in [1.82, 2.24) is 10.2 Å². The van der Waals surface area contributed by atoms with Gasteiger partial charge in [0, 0.05) is 24.7 Å². The molecule has 1 aliphatic rings. The molecule has 0 bridgehead atoms. The number of likely N-dealkylation sites (N-methyl/N-ethyl adjacent to an activating group) is 1. The van der Waals surface area contributed by atoms with Gasteiger partial charge in [0.25, 0.3) is 0 Å². The summed E-state index contributed by atoms with van der Waals surface area (Å²) in [6.45, 7) is 8.05. The second-order valence-corrected chi connectivity index (χ2v) is 4.68. The summed E-state index contributed by atoms with van der Waals surface area (Å²) < 4.78 is 0. The summed E-state index contributed by atoms with van der Waals surface area (Å²) in [4.78, 5) is 2.58. The highest BCUT2D eigenvalue weighted by Gasteiger charge is 2.24. The van der Waals surface area contributed by atoms with Gasteiger partial charge >= 0.3 is 0 Å². The second-order valence-electron chi connectivity index (χ2n) is 4.68. The van der Waals surface area contributed by atoms with Crippen LogP contribution in [0.4, 0.5) is 0 Å². The van der Waals surface area contributed by atoms with Gasteiger partial charge in [-0.2, -0.15) is 0 Å². The first-order valence-corrected chi connectivity index (χ1v) is 6.14. The van der Waals surface area contributed by atoms with E-state index in [-0.39, 0.29) is 0 Å². The Morgan fingerprint density at radius 1 is 1.29 bits per heavy atom. The van der Waals surface area contributed by atoms with Crippen LogP contribution in [-0.4, -0.2) is 36.6 Å². The summed E-state index contributed by atoms with van der Waals surface area (Å²) in [7, 11) is 2.29. The first-order chi connectivity index (χ1) is 6.69. The third kappa shape index (κ3) is 2.96. The highest BCUT2D eigenvalue weighted by atomic mass is 15.2. The van der Waals surface area contributed by atoms with Gasteiger partial charge in [0.2, 0.25) is 0 Å². The summed E-state index contributed by atoms with van der Waals surface area (Å²) >= 11 is 0. The van der Waals surface area contributed by atoms with E-state index < -0.39 is 0 Å². The van der Waals surface area contributed by atoms with Crippen LogP contribution in [-0.2, 0) is 0 Å². The van der Waals surface area contributed by atoms with Gasteiger partial charge in [-0.3, -0.25) is 4.90 Å². The standard InChI is InChI=1S/C12H26N2/c1-5-11(6-2)14(4)12-8-7-10(3)13-9-12/h10-13H,5-9H2,1-4H3. The Morgan fingerprint density at radius 2 is 1.93 bits per heavy atom. The van der Waals surface area contributed by atoms with Gasteiger partial charge in [-0.05, 0) is 39.7 Å². The summed E-state index contributed by atoms with van der Waals surface area (Å²) in [6, 6.07) is 2.26. The first-order valence-electron chi connectivity index (χ1n) is 6.14. The largest absolute Gasteiger partial charge is 0.313 e. The van der Waals surface area contributed by atoms with E-state index in [0.717, 1.165) is 18.1 Å². The van der Waals surface area contributed by atoms with Crippen molar-refractivity contribution >= 4 is 0 Å². The number of nitrogens with one attached hydrogen (secondary N) is 1. The third-order valence-electron chi connectivity index (χ3n) is 3.73. The Bertz CT molecular complexity index is 146. The number of rotatable bonds is 4. The van der Waals surface area contributed by atoms with Crippen molar-refractivity contribution in [3.8, 4) is 0 Å². The minimum absolute atomic E-state index is 0.723. The predicted octanol–water partition coefficient (Wildman–Crippen LogP) is 2.25. The van der Waals surface area contributed by atoms with E-state index >= 15 is 0 Å². The fourth-order valence-electron chi connectivity index (χ4n) is 2.49. The third-order valence-corrected chi connectivity index (χ3v) is 3.73. The Hall–Kier alpha value is -0.0800. The van der Waals surface area contributed by atoms with Gasteiger partial charge in [-0.15, -0.1) is 0 Å². The zero-order valence-electron chi connectivity index (χ0n) is 10.2. The molecule has 14 heavy (non-hydrogen) atoms. The molecule has 1 rings (SSSR count). The molecule has 1 aliphatic heterocycles. The first kappa shape index (κ1) is 12.0. The molecule has 0 spiro atoms. The molecule has 1 heterocycles. The van der Waals surface area contributed by atoms with Crippen LogP contribution in [0.5, 0.6) is 0 Å². The molecule has 84 valence electrons. The molecule has 0 aliphatic carbocycles. The molecule has 2 nitrogen and oxygen atoms in total. The van der Waals surface area contributed by atoms with Crippen LogP contribution in [0.25, 0.3) is 0 Å². The van der Waals surface area contributed by atoms with Gasteiger partial charge < -0.3 is 5.32 Å². The second kappa shape index (κ2) is 5.72. The molecule has 1 N–H and O–H groups in total. The van der Waals surface area contributed by atoms with E-state index in [0.29, 0.717) is 0 Å². The van der Waals surface area contributed by atoms with E-state index in [4.69, 9.17) is 0 Å². The minimum Gasteiger partial charge on any atom is -0.313 e. The molecule has 0 aromatic heterocycles. The van der Waals surface area contributed by atoms with Crippen molar-refractivity contribution in [2.75, 3.05) is 13.6 Å². The van der Waals surface area contributed by atoms with Crippen LogP contribution in [0.15, 0.2) is 0 Å². The highest BCUT2D eigenvalue weighted by molar-refractivity contribution is 4.83. The van der Waals surface area contributed by atoms with Gasteiger partial charge in [0.15, 0.2) is 0 Å². The summed E-state index contributed by atoms with van der Waals surface area (Å²) in [5.74, 6) is 0. The molecule has 2 atom stereocenters. The molecule has 0 radical (unpaired) electrons. The average Bonchev–Trinajstić information content (AvgIpc) is 2.20. The monoisotopic (exact) mass is 198 g/mol. The smallest absolute Gasteiger partial charge is 0.0221 e. The van der Waals surface area contributed by atoms with Crippen molar-refractivity contribution < 1.29 is 0 Å². The lowest BCUT2D eigenvalue weighted by atomic mass is 9.98. The molecule has 1 saturated heterocycles. The number of hydrogen-bond donors (Lipinski definition) is 1. The van der Waals surface area contributed by atoms with Crippen LogP contribution in [0.3, 0.4) is 0 Å². The molecule has 0 amide bonds. The highest BCUT2D eigenvalue weighted by Crippen LogP contribution is 2.17. The van der Waals surface area contributed by atoms with Crippen LogP contribution in [0, 0.1) is 0 Å². The van der Waals surface area contributed by atoms with E-state index in [1.54, 1.807) is 0 Å². The molecular formula is C12H26N2. The lowest BCUT2D eigenvalue weighted by Crippen LogP contribution is -2.50. The van der Waals surface area contributed by atoms with E-state index in [1.807, 2.05) is 0 Å². The van der Waals surface area contributed by atoms with Crippen LogP contribution < -0.4 is 5.32 Å². The van der Waals surface area contributed by atoms with Gasteiger partial charge in [0.1, 0.15) is 0 Å². The molecule has 0 aromatic carbocycles. The van der Waals surface area contributed by atoms with Crippen molar-refractivity contribution in [3.05, 3.63) is 0 Å². The molecule has 0 saturated carbocycles. The maximum Gasteiger partial charge on any atom is 0.0221 e. The van der Waals surface area contributed by atoms with E-state index in [1.165, 1.54) is 32.2 Å². The molecule has 2 unspecified atom stereocenters. The fraction of sp³-hybridized carbons (Fsp3) is 1.00. The number of hydrogen-bond acceptors (Lipinski definition) is 2. The zero-order valence-corrected chi connectivity index (χ0v) is 10.2. The van der Waals surface area contributed by atoms with Crippen LogP contribution in [0.1, 0.15) is 46.5 Å². The van der Waals surface area contributed by atoms with Gasteiger partial charge in [-0.1, -0.05) is 13.8 Å². The predicted molar refractivity (Wildman–Crippen MR) is 62.6 cm³/mol. The van der Waals surface area contributed by atoms with Gasteiger partial charge in [0.05, 0.1) is 0 Å².